The van der Waals surface area contributed by atoms with E-state index in [1.807, 2.05) is 0 Å². The number of aromatic nitrogens is 5. The molecule has 0 aliphatic heterocycles. The van der Waals surface area contributed by atoms with Crippen molar-refractivity contribution in [2.24, 2.45) is 0 Å². The fourth-order valence-electron chi connectivity index (χ4n) is 3.67. The minimum Gasteiger partial charge on any atom is -0.296 e. The van der Waals surface area contributed by atoms with E-state index in [1.165, 1.54) is 47.6 Å². The summed E-state index contributed by atoms with van der Waals surface area (Å²) < 4.78 is 82.0. The Morgan fingerprint density at radius 1 is 1.00 bits per heavy atom. The average molecular weight is 567 g/mol. The van der Waals surface area contributed by atoms with Crippen molar-refractivity contribution in [3.63, 3.8) is 0 Å². The molecule has 0 saturated carbocycles. The number of nitrogens with zero attached hydrogens (tertiary/aromatic N) is 6. The van der Waals surface area contributed by atoms with E-state index in [1.54, 1.807) is 0 Å². The van der Waals surface area contributed by atoms with Crippen molar-refractivity contribution in [1.29, 1.82) is 0 Å². The van der Waals surface area contributed by atoms with Crippen LogP contribution in [-0.2, 0) is 18.9 Å². The second-order valence-electron chi connectivity index (χ2n) is 8.04. The van der Waals surface area contributed by atoms with Crippen molar-refractivity contribution in [2.75, 3.05) is 0 Å². The molecule has 4 rings (SSSR count). The number of benzene rings is 2. The van der Waals surface area contributed by atoms with Crippen LogP contribution in [0.5, 0.6) is 0 Å². The second-order valence-corrected chi connectivity index (χ2v) is 8.45. The maximum Gasteiger partial charge on any atom is 0.416 e. The van der Waals surface area contributed by atoms with Crippen LogP contribution in [0.25, 0.3) is 10.7 Å². The summed E-state index contributed by atoms with van der Waals surface area (Å²) in [6, 6.07) is 4.78. The van der Waals surface area contributed by atoms with E-state index in [0.29, 0.717) is 12.1 Å². The van der Waals surface area contributed by atoms with Crippen LogP contribution in [0.4, 0.5) is 26.3 Å². The van der Waals surface area contributed by atoms with Gasteiger partial charge in [-0.1, -0.05) is 28.9 Å². The predicted octanol–water partition coefficient (Wildman–Crippen LogP) is 5.56. The molecule has 0 saturated heterocycles. The molecule has 200 valence electrons. The van der Waals surface area contributed by atoms with Crippen LogP contribution >= 0.6 is 11.6 Å². The summed E-state index contributed by atoms with van der Waals surface area (Å²) in [5.74, 6) is -2.27. The maximum absolute atomic E-state index is 13.3. The number of carbonyl (C=O) groups is 2. The van der Waals surface area contributed by atoms with Gasteiger partial charge in [0.25, 0.3) is 11.6 Å². The third-order valence-electron chi connectivity index (χ3n) is 5.44. The fraction of sp³-hybridized carbons (Fsp3) is 0.167. The van der Waals surface area contributed by atoms with Crippen LogP contribution in [0.2, 0.25) is 5.02 Å². The molecule has 0 aliphatic rings. The Morgan fingerprint density at radius 2 is 1.64 bits per heavy atom. The summed E-state index contributed by atoms with van der Waals surface area (Å²) in [5, 5.41) is 7.45. The third kappa shape index (κ3) is 5.68. The highest BCUT2D eigenvalue weighted by Crippen LogP contribution is 2.36. The zero-order valence-corrected chi connectivity index (χ0v) is 20.0. The molecule has 1 unspecified atom stereocenters. The van der Waals surface area contributed by atoms with Gasteiger partial charge in [0, 0.05) is 18.0 Å². The standard InChI is InChI=1S/C24H13ClF6N6O2/c1-32-18(20(38)16-4-2-3-5-17(16)25)21(39)19-22(36-7-6-33-12-36)37(35-34-19)11-13-8-14(23(26,27)28)10-15(9-13)24(29,30)31/h2-10,12,18H,11H2. The summed E-state index contributed by atoms with van der Waals surface area (Å²) in [6.07, 6.45) is -6.40. The molecule has 0 bridgehead atoms. The molecule has 15 heteroatoms. The summed E-state index contributed by atoms with van der Waals surface area (Å²) in [6.45, 7) is 6.76. The zero-order valence-electron chi connectivity index (χ0n) is 19.2. The number of hydrogen-bond donors (Lipinski definition) is 0. The smallest absolute Gasteiger partial charge is 0.296 e. The molecule has 2 aromatic carbocycles. The first-order valence-corrected chi connectivity index (χ1v) is 11.1. The minimum absolute atomic E-state index is 0.00699. The van der Waals surface area contributed by atoms with E-state index >= 15 is 0 Å². The summed E-state index contributed by atoms with van der Waals surface area (Å²) in [4.78, 5) is 33.2. The third-order valence-corrected chi connectivity index (χ3v) is 5.77. The van der Waals surface area contributed by atoms with Crippen molar-refractivity contribution in [3.8, 4) is 5.82 Å². The van der Waals surface area contributed by atoms with Crippen LogP contribution in [0, 0.1) is 6.57 Å². The predicted molar refractivity (Wildman–Crippen MR) is 123 cm³/mol. The van der Waals surface area contributed by atoms with Gasteiger partial charge in [0.1, 0.15) is 6.33 Å². The number of Topliss-reactive ketones (excluding diaryl/α,β-unsaturated/α-hetero) is 2. The molecule has 1 atom stereocenters. The van der Waals surface area contributed by atoms with E-state index < -0.39 is 58.9 Å². The number of ketones is 2. The van der Waals surface area contributed by atoms with Gasteiger partial charge >= 0.3 is 18.4 Å². The van der Waals surface area contributed by atoms with Crippen LogP contribution in [-0.4, -0.2) is 42.2 Å². The molecule has 0 amide bonds. The summed E-state index contributed by atoms with van der Waals surface area (Å²) >= 11 is 6.03. The van der Waals surface area contributed by atoms with E-state index in [-0.39, 0.29) is 22.5 Å². The van der Waals surface area contributed by atoms with E-state index in [0.717, 1.165) is 4.68 Å². The van der Waals surface area contributed by atoms with Gasteiger partial charge in [0.15, 0.2) is 11.5 Å². The van der Waals surface area contributed by atoms with Gasteiger partial charge in [0.2, 0.25) is 0 Å². The largest absolute Gasteiger partial charge is 0.416 e. The van der Waals surface area contributed by atoms with E-state index in [9.17, 15) is 35.9 Å². The number of rotatable bonds is 7. The molecule has 0 spiro atoms. The van der Waals surface area contributed by atoms with Gasteiger partial charge in [-0.2, -0.15) is 26.3 Å². The fourth-order valence-corrected chi connectivity index (χ4v) is 3.90. The van der Waals surface area contributed by atoms with E-state index in [2.05, 4.69) is 20.1 Å². The van der Waals surface area contributed by atoms with Crippen molar-refractivity contribution in [3.05, 3.63) is 106 Å². The SMILES string of the molecule is [C-]#[N+]C(C(=O)c1ccccc1Cl)C(=O)c1nnn(Cc2cc(C(F)(F)F)cc(C(F)(F)F)c2)c1-n1ccnc1. The summed E-state index contributed by atoms with van der Waals surface area (Å²) in [5.41, 5.74) is -4.15. The molecule has 2 heterocycles. The van der Waals surface area contributed by atoms with Crippen LogP contribution < -0.4 is 0 Å². The Morgan fingerprint density at radius 3 is 2.18 bits per heavy atom. The lowest BCUT2D eigenvalue weighted by molar-refractivity contribution is -0.143. The minimum atomic E-state index is -5.07. The number of alkyl halides is 6. The van der Waals surface area contributed by atoms with Gasteiger partial charge in [-0.25, -0.2) is 16.2 Å². The normalized spacial score (nSPS) is 12.7. The number of halogens is 7. The van der Waals surface area contributed by atoms with Crippen LogP contribution in [0.15, 0.2) is 61.2 Å². The lowest BCUT2D eigenvalue weighted by atomic mass is 9.99. The molecule has 4 aromatic rings. The Bertz CT molecular complexity index is 1560. The molecule has 2 aromatic heterocycles. The highest BCUT2D eigenvalue weighted by Gasteiger charge is 2.40. The van der Waals surface area contributed by atoms with Crippen molar-refractivity contribution >= 4 is 23.2 Å². The lowest BCUT2D eigenvalue weighted by Crippen LogP contribution is -2.29. The van der Waals surface area contributed by atoms with Crippen molar-refractivity contribution in [2.45, 2.75) is 24.9 Å². The number of carbonyl (C=O) groups excluding carboxylic acids is 2. The van der Waals surface area contributed by atoms with Gasteiger partial charge in [-0.3, -0.25) is 19.0 Å². The topological polar surface area (TPSA) is 87.0 Å². The molecular weight excluding hydrogens is 554 g/mol. The maximum atomic E-state index is 13.3. The lowest BCUT2D eigenvalue weighted by Gasteiger charge is -2.15. The van der Waals surface area contributed by atoms with Gasteiger partial charge in [-0.15, -0.1) is 5.10 Å². The number of imidazole rings is 1. The molecule has 39 heavy (non-hydrogen) atoms. The first-order valence-electron chi connectivity index (χ1n) is 10.7. The molecule has 0 N–H and O–H groups in total. The second kappa shape index (κ2) is 10.3. The van der Waals surface area contributed by atoms with Gasteiger partial charge in [0.05, 0.1) is 22.7 Å². The van der Waals surface area contributed by atoms with Gasteiger partial charge in [-0.05, 0) is 35.9 Å². The molecule has 0 fully saturated rings. The van der Waals surface area contributed by atoms with Crippen molar-refractivity contribution < 1.29 is 35.9 Å². The quantitative estimate of drug-likeness (QED) is 0.127. The first-order chi connectivity index (χ1) is 18.3. The van der Waals surface area contributed by atoms with Crippen molar-refractivity contribution in [1.82, 2.24) is 24.5 Å². The van der Waals surface area contributed by atoms with Crippen LogP contribution in [0.1, 0.15) is 37.5 Å². The monoisotopic (exact) mass is 566 g/mol. The number of hydrogen-bond acceptors (Lipinski definition) is 5. The Balaban J connectivity index is 1.79. The van der Waals surface area contributed by atoms with E-state index in [4.69, 9.17) is 18.2 Å². The zero-order chi connectivity index (χ0) is 28.5. The van der Waals surface area contributed by atoms with Gasteiger partial charge < -0.3 is 0 Å². The molecule has 0 radical (unpaired) electrons. The first kappa shape index (κ1) is 27.5. The van der Waals surface area contributed by atoms with Crippen LogP contribution in [0.3, 0.4) is 0 Å². The highest BCUT2D eigenvalue weighted by molar-refractivity contribution is 6.35. The summed E-state index contributed by atoms with van der Waals surface area (Å²) in [7, 11) is 0. The molecule has 8 nitrogen and oxygen atoms in total. The Kier molecular flexibility index (Phi) is 7.29. The average Bonchev–Trinajstić information content (AvgIpc) is 3.53. The molecule has 0 aliphatic carbocycles. The Labute approximate surface area is 220 Å². The Hall–Kier alpha value is -4.51. The molecular formula is C24H13ClF6N6O2. The highest BCUT2D eigenvalue weighted by atomic mass is 35.5.